The molecule has 0 saturated carbocycles. The Morgan fingerprint density at radius 3 is 2.80 bits per heavy atom. The van der Waals surface area contributed by atoms with E-state index in [4.69, 9.17) is 0 Å². The number of nitrogens with one attached hydrogen (secondary N) is 1. The first-order valence-corrected chi connectivity index (χ1v) is 9.79. The molecule has 0 unspecified atom stereocenters. The SMILES string of the molecule is O=C(CSc1nccnc1N1CCSCC1)Nc1cc(F)ccc1F. The van der Waals surface area contributed by atoms with Gasteiger partial charge in [0, 0.05) is 43.1 Å². The van der Waals surface area contributed by atoms with Gasteiger partial charge >= 0.3 is 0 Å². The van der Waals surface area contributed by atoms with Crippen molar-refractivity contribution >= 4 is 40.9 Å². The molecule has 0 bridgehead atoms. The molecular formula is C16H16F2N4OS2. The van der Waals surface area contributed by atoms with E-state index >= 15 is 0 Å². The Bertz CT molecular complexity index is 757. The molecular weight excluding hydrogens is 366 g/mol. The lowest BCUT2D eigenvalue weighted by Gasteiger charge is -2.28. The number of hydrogen-bond acceptors (Lipinski definition) is 6. The van der Waals surface area contributed by atoms with E-state index in [1.54, 1.807) is 12.4 Å². The van der Waals surface area contributed by atoms with E-state index in [0.717, 1.165) is 48.6 Å². The van der Waals surface area contributed by atoms with Gasteiger partial charge in [0.15, 0.2) is 5.82 Å². The standard InChI is InChI=1S/C16H16F2N4OS2/c17-11-1-2-12(18)13(9-11)21-14(23)10-25-16-15(19-3-4-20-16)22-5-7-24-8-6-22/h1-4,9H,5-8,10H2,(H,21,23). The van der Waals surface area contributed by atoms with Crippen LogP contribution in [-0.2, 0) is 4.79 Å². The Balaban J connectivity index is 1.63. The minimum atomic E-state index is -0.675. The number of benzene rings is 1. The molecule has 3 rings (SSSR count). The van der Waals surface area contributed by atoms with Gasteiger partial charge in [-0.05, 0) is 12.1 Å². The summed E-state index contributed by atoms with van der Waals surface area (Å²) in [7, 11) is 0. The summed E-state index contributed by atoms with van der Waals surface area (Å²) in [5.74, 6) is 1.14. The van der Waals surface area contributed by atoms with Gasteiger partial charge < -0.3 is 10.2 Å². The van der Waals surface area contributed by atoms with Gasteiger partial charge in [-0.15, -0.1) is 0 Å². The van der Waals surface area contributed by atoms with Gasteiger partial charge in [-0.3, -0.25) is 4.79 Å². The van der Waals surface area contributed by atoms with Crippen LogP contribution in [0.25, 0.3) is 0 Å². The van der Waals surface area contributed by atoms with Crippen molar-refractivity contribution in [3.8, 4) is 0 Å². The second-order valence-electron chi connectivity index (χ2n) is 5.25. The van der Waals surface area contributed by atoms with E-state index in [-0.39, 0.29) is 11.4 Å². The third-order valence-corrected chi connectivity index (χ3v) is 5.41. The summed E-state index contributed by atoms with van der Waals surface area (Å²) in [5.41, 5.74) is -0.168. The lowest BCUT2D eigenvalue weighted by molar-refractivity contribution is -0.113. The zero-order valence-corrected chi connectivity index (χ0v) is 14.9. The Morgan fingerprint density at radius 1 is 1.24 bits per heavy atom. The molecule has 2 heterocycles. The number of aromatic nitrogens is 2. The normalized spacial score (nSPS) is 14.4. The maximum Gasteiger partial charge on any atom is 0.234 e. The van der Waals surface area contributed by atoms with Gasteiger partial charge in [0.25, 0.3) is 0 Å². The van der Waals surface area contributed by atoms with Crippen molar-refractivity contribution in [1.29, 1.82) is 0 Å². The Labute approximate surface area is 152 Å². The van der Waals surface area contributed by atoms with Crippen LogP contribution in [0.5, 0.6) is 0 Å². The van der Waals surface area contributed by atoms with E-state index in [9.17, 15) is 13.6 Å². The third kappa shape index (κ3) is 4.82. The average molecular weight is 382 g/mol. The number of anilines is 2. The molecule has 1 aromatic heterocycles. The average Bonchev–Trinajstić information content (AvgIpc) is 2.64. The number of halogens is 2. The van der Waals surface area contributed by atoms with Crippen molar-refractivity contribution in [2.75, 3.05) is 40.6 Å². The summed E-state index contributed by atoms with van der Waals surface area (Å²) >= 11 is 3.12. The van der Waals surface area contributed by atoms with Gasteiger partial charge in [-0.2, -0.15) is 11.8 Å². The number of carbonyl (C=O) groups excluding carboxylic acids is 1. The summed E-state index contributed by atoms with van der Waals surface area (Å²) in [6, 6.07) is 2.94. The molecule has 1 saturated heterocycles. The third-order valence-electron chi connectivity index (χ3n) is 3.50. The lowest BCUT2D eigenvalue weighted by atomic mass is 10.3. The number of carbonyl (C=O) groups is 1. The molecule has 1 amide bonds. The first-order chi connectivity index (χ1) is 12.1. The summed E-state index contributed by atoms with van der Waals surface area (Å²) in [6.45, 7) is 1.77. The van der Waals surface area contributed by atoms with E-state index in [1.807, 2.05) is 11.8 Å². The first-order valence-electron chi connectivity index (χ1n) is 7.65. The van der Waals surface area contributed by atoms with Gasteiger partial charge in [-0.25, -0.2) is 18.7 Å². The predicted molar refractivity (Wildman–Crippen MR) is 97.3 cm³/mol. The van der Waals surface area contributed by atoms with Crippen LogP contribution in [0, 0.1) is 11.6 Å². The molecule has 0 atom stereocenters. The van der Waals surface area contributed by atoms with Crippen LogP contribution in [0.4, 0.5) is 20.3 Å². The zero-order chi connectivity index (χ0) is 17.6. The molecule has 1 aliphatic heterocycles. The lowest BCUT2D eigenvalue weighted by Crippen LogP contribution is -2.33. The van der Waals surface area contributed by atoms with Gasteiger partial charge in [0.05, 0.1) is 11.4 Å². The fourth-order valence-corrected chi connectivity index (χ4v) is 4.01. The molecule has 132 valence electrons. The number of hydrogen-bond donors (Lipinski definition) is 1. The second-order valence-corrected chi connectivity index (χ2v) is 7.43. The molecule has 0 radical (unpaired) electrons. The summed E-state index contributed by atoms with van der Waals surface area (Å²) in [6.07, 6.45) is 3.21. The highest BCUT2D eigenvalue weighted by atomic mass is 32.2. The van der Waals surface area contributed by atoms with Crippen LogP contribution >= 0.6 is 23.5 Å². The van der Waals surface area contributed by atoms with Crippen LogP contribution in [0.15, 0.2) is 35.6 Å². The van der Waals surface area contributed by atoms with Gasteiger partial charge in [0.2, 0.25) is 5.91 Å². The van der Waals surface area contributed by atoms with Gasteiger partial charge in [-0.1, -0.05) is 11.8 Å². The molecule has 1 N–H and O–H groups in total. The van der Waals surface area contributed by atoms with Crippen molar-refractivity contribution in [2.24, 2.45) is 0 Å². The highest BCUT2D eigenvalue weighted by Crippen LogP contribution is 2.27. The van der Waals surface area contributed by atoms with E-state index < -0.39 is 17.5 Å². The Hall–Kier alpha value is -1.87. The smallest absolute Gasteiger partial charge is 0.234 e. The Morgan fingerprint density at radius 2 is 2.00 bits per heavy atom. The fourth-order valence-electron chi connectivity index (χ4n) is 2.33. The second kappa shape index (κ2) is 8.48. The van der Waals surface area contributed by atoms with Crippen molar-refractivity contribution in [3.63, 3.8) is 0 Å². The summed E-state index contributed by atoms with van der Waals surface area (Å²) in [4.78, 5) is 22.9. The summed E-state index contributed by atoms with van der Waals surface area (Å²) in [5, 5.41) is 3.04. The minimum Gasteiger partial charge on any atom is -0.353 e. The van der Waals surface area contributed by atoms with Crippen LogP contribution in [0.1, 0.15) is 0 Å². The molecule has 1 aromatic carbocycles. The van der Waals surface area contributed by atoms with Crippen molar-refractivity contribution in [1.82, 2.24) is 9.97 Å². The first kappa shape index (κ1) is 17.9. The molecule has 0 aliphatic carbocycles. The van der Waals surface area contributed by atoms with Crippen molar-refractivity contribution in [3.05, 3.63) is 42.2 Å². The Kier molecular flexibility index (Phi) is 6.09. The van der Waals surface area contributed by atoms with Crippen LogP contribution in [-0.4, -0.2) is 46.2 Å². The largest absolute Gasteiger partial charge is 0.353 e. The predicted octanol–water partition coefficient (Wildman–Crippen LogP) is 3.04. The number of thioether (sulfide) groups is 2. The molecule has 0 spiro atoms. The van der Waals surface area contributed by atoms with E-state index in [1.165, 1.54) is 11.8 Å². The zero-order valence-electron chi connectivity index (χ0n) is 13.2. The van der Waals surface area contributed by atoms with Crippen LogP contribution in [0.2, 0.25) is 0 Å². The number of rotatable bonds is 5. The highest BCUT2D eigenvalue weighted by Gasteiger charge is 2.18. The molecule has 1 fully saturated rings. The quantitative estimate of drug-likeness (QED) is 0.803. The van der Waals surface area contributed by atoms with Gasteiger partial charge in [0.1, 0.15) is 16.7 Å². The monoisotopic (exact) mass is 382 g/mol. The minimum absolute atomic E-state index is 0.0320. The fraction of sp³-hybridized carbons (Fsp3) is 0.312. The molecule has 9 heteroatoms. The van der Waals surface area contributed by atoms with Crippen molar-refractivity contribution < 1.29 is 13.6 Å². The molecule has 5 nitrogen and oxygen atoms in total. The van der Waals surface area contributed by atoms with Crippen LogP contribution in [0.3, 0.4) is 0 Å². The molecule has 2 aromatic rings. The van der Waals surface area contributed by atoms with E-state index in [2.05, 4.69) is 20.2 Å². The van der Waals surface area contributed by atoms with Crippen molar-refractivity contribution in [2.45, 2.75) is 5.03 Å². The maximum absolute atomic E-state index is 13.6. The topological polar surface area (TPSA) is 58.1 Å². The highest BCUT2D eigenvalue weighted by molar-refractivity contribution is 8.00. The number of amides is 1. The van der Waals surface area contributed by atoms with E-state index in [0.29, 0.717) is 5.03 Å². The number of nitrogens with zero attached hydrogens (tertiary/aromatic N) is 3. The summed E-state index contributed by atoms with van der Waals surface area (Å²) < 4.78 is 26.7. The van der Waals surface area contributed by atoms with Crippen LogP contribution < -0.4 is 10.2 Å². The molecule has 25 heavy (non-hydrogen) atoms. The molecule has 1 aliphatic rings. The maximum atomic E-state index is 13.6.